The van der Waals surface area contributed by atoms with Gasteiger partial charge in [-0.05, 0) is 64.7 Å². The molecule has 2 fully saturated rings. The molecule has 34 heavy (non-hydrogen) atoms. The molecule has 1 aromatic rings. The first-order valence-electron chi connectivity index (χ1n) is 12.9. The Bertz CT molecular complexity index is 756. The summed E-state index contributed by atoms with van der Waals surface area (Å²) in [4.78, 5) is 31.4. The summed E-state index contributed by atoms with van der Waals surface area (Å²) >= 11 is 0. The van der Waals surface area contributed by atoms with Crippen LogP contribution >= 0.6 is 0 Å². The van der Waals surface area contributed by atoms with Gasteiger partial charge in [0.1, 0.15) is 0 Å². The minimum atomic E-state index is 0.00183. The van der Waals surface area contributed by atoms with E-state index in [4.69, 9.17) is 4.74 Å². The van der Waals surface area contributed by atoms with Crippen molar-refractivity contribution in [3.05, 3.63) is 35.9 Å². The van der Waals surface area contributed by atoms with Crippen LogP contribution in [-0.4, -0.2) is 98.6 Å². The van der Waals surface area contributed by atoms with Crippen molar-refractivity contribution in [2.24, 2.45) is 0 Å². The summed E-state index contributed by atoms with van der Waals surface area (Å²) in [6.45, 7) is 5.24. The molecule has 7 heteroatoms. The van der Waals surface area contributed by atoms with E-state index in [-0.39, 0.29) is 36.2 Å². The van der Waals surface area contributed by atoms with Crippen LogP contribution in [-0.2, 0) is 20.7 Å². The highest BCUT2D eigenvalue weighted by Crippen LogP contribution is 2.37. The Morgan fingerprint density at radius 2 is 1.71 bits per heavy atom. The summed E-state index contributed by atoms with van der Waals surface area (Å²) in [5.41, 5.74) is 1.52. The molecule has 0 radical (unpaired) electrons. The summed E-state index contributed by atoms with van der Waals surface area (Å²) in [6, 6.07) is 11.0. The van der Waals surface area contributed by atoms with Crippen molar-refractivity contribution in [1.29, 1.82) is 0 Å². The van der Waals surface area contributed by atoms with E-state index in [1.54, 1.807) is 4.90 Å². The van der Waals surface area contributed by atoms with Crippen molar-refractivity contribution in [1.82, 2.24) is 20.0 Å². The van der Waals surface area contributed by atoms with Gasteiger partial charge < -0.3 is 19.9 Å². The normalized spacial score (nSPS) is 23.6. The molecule has 1 heterocycles. The molecule has 1 N–H and O–H groups in total. The lowest BCUT2D eigenvalue weighted by Crippen LogP contribution is -2.58. The van der Waals surface area contributed by atoms with Crippen molar-refractivity contribution >= 4 is 11.8 Å². The van der Waals surface area contributed by atoms with Crippen LogP contribution in [0.3, 0.4) is 0 Å². The minimum absolute atomic E-state index is 0.00183. The van der Waals surface area contributed by atoms with Crippen LogP contribution < -0.4 is 5.32 Å². The second-order valence-corrected chi connectivity index (χ2v) is 10.3. The number of amides is 2. The molecule has 1 aliphatic heterocycles. The zero-order chi connectivity index (χ0) is 24.4. The van der Waals surface area contributed by atoms with Crippen LogP contribution in [0, 0.1) is 0 Å². The van der Waals surface area contributed by atoms with Gasteiger partial charge in [0.05, 0.1) is 13.2 Å². The molecule has 0 atom stereocenters. The number of carbonyl (C=O) groups is 2. The number of hydrogen-bond donors (Lipinski definition) is 1. The van der Waals surface area contributed by atoms with Gasteiger partial charge in [0, 0.05) is 51.1 Å². The molecule has 7 nitrogen and oxygen atoms in total. The lowest BCUT2D eigenvalue weighted by molar-refractivity contribution is -0.132. The molecule has 3 rings (SSSR count). The maximum Gasteiger partial charge on any atom is 0.222 e. The SMILES string of the molecule is CN(C)CCCN(C)C(=O)CCC(=O)NC1CCC(Cc2ccccc2)(N2CCOCC2)CC1. The number of carbonyl (C=O) groups excluding carboxylic acids is 2. The predicted molar refractivity (Wildman–Crippen MR) is 136 cm³/mol. The number of rotatable bonds is 11. The highest BCUT2D eigenvalue weighted by atomic mass is 16.5. The Balaban J connectivity index is 1.46. The summed E-state index contributed by atoms with van der Waals surface area (Å²) < 4.78 is 5.62. The van der Waals surface area contributed by atoms with Gasteiger partial charge in [-0.1, -0.05) is 30.3 Å². The van der Waals surface area contributed by atoms with Crippen LogP contribution in [0.15, 0.2) is 30.3 Å². The van der Waals surface area contributed by atoms with Crippen LogP contribution in [0.1, 0.15) is 50.5 Å². The Kier molecular flexibility index (Phi) is 10.4. The van der Waals surface area contributed by atoms with E-state index in [0.29, 0.717) is 0 Å². The summed E-state index contributed by atoms with van der Waals surface area (Å²) in [7, 11) is 5.89. The number of benzene rings is 1. The smallest absolute Gasteiger partial charge is 0.222 e. The first-order valence-corrected chi connectivity index (χ1v) is 12.9. The summed E-state index contributed by atoms with van der Waals surface area (Å²) in [6.07, 6.45) is 6.64. The maximum atomic E-state index is 12.6. The fourth-order valence-electron chi connectivity index (χ4n) is 5.38. The Hall–Kier alpha value is -1.96. The van der Waals surface area contributed by atoms with Crippen molar-refractivity contribution in [2.45, 2.75) is 62.9 Å². The van der Waals surface area contributed by atoms with Gasteiger partial charge in [0.15, 0.2) is 0 Å². The van der Waals surface area contributed by atoms with Gasteiger partial charge in [0.25, 0.3) is 0 Å². The largest absolute Gasteiger partial charge is 0.379 e. The van der Waals surface area contributed by atoms with Gasteiger partial charge in [-0.25, -0.2) is 0 Å². The molecule has 1 saturated heterocycles. The van der Waals surface area contributed by atoms with E-state index in [9.17, 15) is 9.59 Å². The topological polar surface area (TPSA) is 65.1 Å². The highest BCUT2D eigenvalue weighted by Gasteiger charge is 2.41. The van der Waals surface area contributed by atoms with Crippen molar-refractivity contribution < 1.29 is 14.3 Å². The quantitative estimate of drug-likeness (QED) is 0.536. The van der Waals surface area contributed by atoms with Crippen LogP contribution in [0.25, 0.3) is 0 Å². The molecule has 2 aliphatic rings. The van der Waals surface area contributed by atoms with Gasteiger partial charge in [-0.15, -0.1) is 0 Å². The maximum absolute atomic E-state index is 12.6. The van der Waals surface area contributed by atoms with Gasteiger partial charge in [-0.3, -0.25) is 14.5 Å². The lowest BCUT2D eigenvalue weighted by atomic mass is 9.74. The fourth-order valence-corrected chi connectivity index (χ4v) is 5.38. The van der Waals surface area contributed by atoms with E-state index >= 15 is 0 Å². The van der Waals surface area contributed by atoms with Gasteiger partial charge in [-0.2, -0.15) is 0 Å². The second-order valence-electron chi connectivity index (χ2n) is 10.3. The average Bonchev–Trinajstić information content (AvgIpc) is 2.84. The molecule has 2 amide bonds. The van der Waals surface area contributed by atoms with E-state index in [2.05, 4.69) is 45.4 Å². The molecule has 1 aromatic carbocycles. The standard InChI is InChI=1S/C27H44N4O3/c1-29(2)16-7-17-30(3)26(33)11-10-25(32)28-24-12-14-27(15-13-24,31-18-20-34-21-19-31)22-23-8-5-4-6-9-23/h4-6,8-9,24H,7,10-22H2,1-3H3,(H,28,32). The van der Waals surface area contributed by atoms with E-state index in [0.717, 1.165) is 77.9 Å². The summed E-state index contributed by atoms with van der Waals surface area (Å²) in [5.74, 6) is 0.0497. The monoisotopic (exact) mass is 472 g/mol. The molecule has 1 aliphatic carbocycles. The Labute approximate surface area is 205 Å². The molecule has 0 unspecified atom stereocenters. The third-order valence-corrected chi connectivity index (χ3v) is 7.43. The third-order valence-electron chi connectivity index (χ3n) is 7.43. The fraction of sp³-hybridized carbons (Fsp3) is 0.704. The van der Waals surface area contributed by atoms with E-state index in [1.165, 1.54) is 5.56 Å². The molecule has 190 valence electrons. The average molecular weight is 473 g/mol. The van der Waals surface area contributed by atoms with E-state index in [1.807, 2.05) is 21.1 Å². The van der Waals surface area contributed by atoms with Crippen molar-refractivity contribution in [2.75, 3.05) is 60.5 Å². The molecular weight excluding hydrogens is 428 g/mol. The second kappa shape index (κ2) is 13.2. The number of nitrogens with zero attached hydrogens (tertiary/aromatic N) is 3. The first kappa shape index (κ1) is 26.6. The van der Waals surface area contributed by atoms with Crippen LogP contribution in [0.5, 0.6) is 0 Å². The number of hydrogen-bond acceptors (Lipinski definition) is 5. The summed E-state index contributed by atoms with van der Waals surface area (Å²) in [5, 5.41) is 3.22. The van der Waals surface area contributed by atoms with Crippen molar-refractivity contribution in [3.63, 3.8) is 0 Å². The van der Waals surface area contributed by atoms with Crippen molar-refractivity contribution in [3.8, 4) is 0 Å². The molecule has 0 aromatic heterocycles. The van der Waals surface area contributed by atoms with Gasteiger partial charge >= 0.3 is 0 Å². The van der Waals surface area contributed by atoms with E-state index < -0.39 is 0 Å². The van der Waals surface area contributed by atoms with Gasteiger partial charge in [0.2, 0.25) is 11.8 Å². The van der Waals surface area contributed by atoms with Crippen LogP contribution in [0.4, 0.5) is 0 Å². The van der Waals surface area contributed by atoms with Crippen LogP contribution in [0.2, 0.25) is 0 Å². The molecule has 0 spiro atoms. The number of ether oxygens (including phenoxy) is 1. The third kappa shape index (κ3) is 8.07. The first-order chi connectivity index (χ1) is 16.4. The number of morpholine rings is 1. The lowest BCUT2D eigenvalue weighted by Gasteiger charge is -2.50. The highest BCUT2D eigenvalue weighted by molar-refractivity contribution is 5.83. The molecular formula is C27H44N4O3. The molecule has 1 saturated carbocycles. The Morgan fingerprint density at radius 1 is 1.03 bits per heavy atom. The zero-order valence-corrected chi connectivity index (χ0v) is 21.4. The molecule has 0 bridgehead atoms. The predicted octanol–water partition coefficient (Wildman–Crippen LogP) is 2.55. The minimum Gasteiger partial charge on any atom is -0.379 e. The number of nitrogens with one attached hydrogen (secondary N) is 1. The zero-order valence-electron chi connectivity index (χ0n) is 21.4. The Morgan fingerprint density at radius 3 is 2.35 bits per heavy atom.